The molecule has 1 N–H and O–H groups in total. The van der Waals surface area contributed by atoms with Crippen molar-refractivity contribution in [2.75, 3.05) is 5.32 Å². The van der Waals surface area contributed by atoms with E-state index in [1.807, 2.05) is 0 Å². The number of rotatable bonds is 6. The quantitative estimate of drug-likeness (QED) is 0.642. The Morgan fingerprint density at radius 3 is 2.67 bits per heavy atom. The molecule has 0 spiro atoms. The molecule has 3 aromatic rings. The summed E-state index contributed by atoms with van der Waals surface area (Å²) in [6.45, 7) is 0.635. The van der Waals surface area contributed by atoms with Crippen LogP contribution in [0.3, 0.4) is 0 Å². The molecule has 0 saturated heterocycles. The molecule has 0 atom stereocenters. The fourth-order valence-corrected chi connectivity index (χ4v) is 3.30. The van der Waals surface area contributed by atoms with Gasteiger partial charge in [0.25, 0.3) is 0 Å². The summed E-state index contributed by atoms with van der Waals surface area (Å²) in [6.07, 6.45) is 6.18. The van der Waals surface area contributed by atoms with Crippen LogP contribution < -0.4 is 10.1 Å². The van der Waals surface area contributed by atoms with Crippen LogP contribution in [-0.4, -0.2) is 10.1 Å². The third-order valence-corrected chi connectivity index (χ3v) is 4.73. The summed E-state index contributed by atoms with van der Waals surface area (Å²) in [5, 5.41) is 7.26. The Bertz CT molecular complexity index is 893. The van der Waals surface area contributed by atoms with Gasteiger partial charge in [-0.15, -0.1) is 0 Å². The first-order valence-electron chi connectivity index (χ1n) is 9.32. The number of hydrogen-bond acceptors (Lipinski definition) is 5. The van der Waals surface area contributed by atoms with E-state index in [4.69, 9.17) is 9.26 Å². The van der Waals surface area contributed by atoms with Gasteiger partial charge in [0.1, 0.15) is 11.6 Å². The number of halogens is 1. The van der Waals surface area contributed by atoms with E-state index in [2.05, 4.69) is 33.7 Å². The van der Waals surface area contributed by atoms with Crippen molar-refractivity contribution in [3.8, 4) is 5.75 Å². The minimum atomic E-state index is -0.298. The molecule has 0 amide bonds. The van der Waals surface area contributed by atoms with Gasteiger partial charge in [-0.3, -0.25) is 0 Å². The average Bonchev–Trinajstić information content (AvgIpc) is 3.01. The first-order valence-corrected chi connectivity index (χ1v) is 9.32. The van der Waals surface area contributed by atoms with E-state index in [1.54, 1.807) is 12.1 Å². The number of anilines is 1. The van der Waals surface area contributed by atoms with Crippen molar-refractivity contribution in [3.63, 3.8) is 0 Å². The van der Waals surface area contributed by atoms with Crippen LogP contribution in [-0.2, 0) is 26.0 Å². The molecule has 0 aliphatic heterocycles. The number of hydrogen-bond donors (Lipinski definition) is 1. The lowest BCUT2D eigenvalue weighted by Gasteiger charge is -2.09. The molecular weight excluding hydrogens is 345 g/mol. The minimum absolute atomic E-state index is 0.175. The Morgan fingerprint density at radius 1 is 1.00 bits per heavy atom. The Labute approximate surface area is 157 Å². The summed E-state index contributed by atoms with van der Waals surface area (Å²) in [6, 6.07) is 12.4. The highest BCUT2D eigenvalue weighted by atomic mass is 19.1. The first-order chi connectivity index (χ1) is 13.3. The van der Waals surface area contributed by atoms with Crippen LogP contribution in [0.15, 0.2) is 47.0 Å². The summed E-state index contributed by atoms with van der Waals surface area (Å²) in [4.78, 5) is 4.32. The van der Waals surface area contributed by atoms with Gasteiger partial charge in [0.2, 0.25) is 11.7 Å². The minimum Gasteiger partial charge on any atom is -0.485 e. The third-order valence-electron chi connectivity index (χ3n) is 4.73. The van der Waals surface area contributed by atoms with Gasteiger partial charge in [-0.1, -0.05) is 17.6 Å². The summed E-state index contributed by atoms with van der Waals surface area (Å²) in [5.74, 6) is 1.22. The molecule has 4 rings (SSSR count). The van der Waals surface area contributed by atoms with Crippen LogP contribution in [0.4, 0.5) is 10.1 Å². The summed E-state index contributed by atoms with van der Waals surface area (Å²) in [5.41, 5.74) is 3.98. The molecule has 0 bridgehead atoms. The molecule has 140 valence electrons. The molecule has 1 aromatic heterocycles. The predicted molar refractivity (Wildman–Crippen MR) is 100 cm³/mol. The zero-order valence-electron chi connectivity index (χ0n) is 15.1. The lowest BCUT2D eigenvalue weighted by molar-refractivity contribution is 0.285. The summed E-state index contributed by atoms with van der Waals surface area (Å²) in [7, 11) is 0. The molecule has 5 nitrogen and oxygen atoms in total. The second-order valence-electron chi connectivity index (χ2n) is 6.74. The smallest absolute Gasteiger partial charge is 0.246 e. The maximum absolute atomic E-state index is 12.9. The van der Waals surface area contributed by atoms with Crippen molar-refractivity contribution in [1.82, 2.24) is 10.1 Å². The number of aromatic nitrogens is 2. The number of aryl methyl sites for hydroxylation is 2. The Morgan fingerprint density at radius 2 is 1.81 bits per heavy atom. The molecule has 27 heavy (non-hydrogen) atoms. The average molecular weight is 367 g/mol. The Balaban J connectivity index is 1.31. The van der Waals surface area contributed by atoms with Gasteiger partial charge >= 0.3 is 0 Å². The van der Waals surface area contributed by atoms with Crippen molar-refractivity contribution in [1.29, 1.82) is 0 Å². The van der Waals surface area contributed by atoms with Crippen LogP contribution in [0.2, 0.25) is 0 Å². The van der Waals surface area contributed by atoms with E-state index in [1.165, 1.54) is 48.9 Å². The van der Waals surface area contributed by atoms with Gasteiger partial charge < -0.3 is 14.6 Å². The highest BCUT2D eigenvalue weighted by Crippen LogP contribution is 2.24. The molecule has 1 aliphatic rings. The fourth-order valence-electron chi connectivity index (χ4n) is 3.30. The van der Waals surface area contributed by atoms with Crippen LogP contribution in [0.25, 0.3) is 0 Å². The zero-order chi connectivity index (χ0) is 18.5. The molecule has 1 heterocycles. The maximum Gasteiger partial charge on any atom is 0.246 e. The van der Waals surface area contributed by atoms with Gasteiger partial charge in [0.05, 0.1) is 6.54 Å². The fraction of sp³-hybridized carbons (Fsp3) is 0.333. The van der Waals surface area contributed by atoms with Gasteiger partial charge in [-0.2, -0.15) is 4.98 Å². The number of fused-ring (bicyclic) bond motifs is 1. The van der Waals surface area contributed by atoms with Crippen molar-refractivity contribution in [2.45, 2.75) is 45.3 Å². The highest BCUT2D eigenvalue weighted by Gasteiger charge is 2.10. The van der Waals surface area contributed by atoms with Crippen molar-refractivity contribution in [2.24, 2.45) is 0 Å². The van der Waals surface area contributed by atoms with Gasteiger partial charge in [0, 0.05) is 5.69 Å². The molecule has 6 heteroatoms. The monoisotopic (exact) mass is 367 g/mol. The van der Waals surface area contributed by atoms with Gasteiger partial charge in [-0.25, -0.2) is 4.39 Å². The number of nitrogens with one attached hydrogen (secondary N) is 1. The number of ether oxygens (including phenoxy) is 1. The molecular formula is C21H22FN3O2. The van der Waals surface area contributed by atoms with Crippen LogP contribution >= 0.6 is 0 Å². The molecule has 0 saturated carbocycles. The lowest BCUT2D eigenvalue weighted by atomic mass is 10.0. The van der Waals surface area contributed by atoms with E-state index in [0.717, 1.165) is 12.1 Å². The number of benzene rings is 2. The van der Waals surface area contributed by atoms with E-state index in [0.29, 0.717) is 24.0 Å². The van der Waals surface area contributed by atoms with Crippen molar-refractivity contribution >= 4 is 5.69 Å². The van der Waals surface area contributed by atoms with E-state index in [-0.39, 0.29) is 12.4 Å². The van der Waals surface area contributed by atoms with Crippen LogP contribution in [0.1, 0.15) is 42.1 Å². The van der Waals surface area contributed by atoms with Crippen LogP contribution in [0, 0.1) is 5.82 Å². The number of nitrogens with zero attached hydrogens (tertiary/aromatic N) is 2. The highest BCUT2D eigenvalue weighted by molar-refractivity contribution is 5.49. The molecule has 2 aromatic carbocycles. The van der Waals surface area contributed by atoms with Gasteiger partial charge in [0.15, 0.2) is 6.61 Å². The lowest BCUT2D eigenvalue weighted by Crippen LogP contribution is -2.02. The van der Waals surface area contributed by atoms with Crippen LogP contribution in [0.5, 0.6) is 5.75 Å². The molecule has 0 radical (unpaired) electrons. The van der Waals surface area contributed by atoms with E-state index in [9.17, 15) is 4.39 Å². The summed E-state index contributed by atoms with van der Waals surface area (Å²) >= 11 is 0. The maximum atomic E-state index is 12.9. The first kappa shape index (κ1) is 17.5. The third kappa shape index (κ3) is 4.64. The van der Waals surface area contributed by atoms with Gasteiger partial charge in [-0.05, 0) is 73.2 Å². The summed E-state index contributed by atoms with van der Waals surface area (Å²) < 4.78 is 23.7. The Kier molecular flexibility index (Phi) is 5.32. The van der Waals surface area contributed by atoms with E-state index < -0.39 is 0 Å². The van der Waals surface area contributed by atoms with E-state index >= 15 is 0 Å². The SMILES string of the molecule is Fc1ccc(OCc2noc(CNc3ccc4c(c3)CCCCC4)n2)cc1. The normalized spacial score (nSPS) is 13.7. The largest absolute Gasteiger partial charge is 0.485 e. The standard InChI is InChI=1S/C21H22FN3O2/c22-17-7-10-19(11-8-17)26-14-20-24-21(27-25-20)13-23-18-9-6-15-4-2-1-3-5-16(15)12-18/h6-12,23H,1-5,13-14H2. The predicted octanol–water partition coefficient (Wildman–Crippen LogP) is 4.67. The second-order valence-corrected chi connectivity index (χ2v) is 6.74. The van der Waals surface area contributed by atoms with Crippen molar-refractivity contribution < 1.29 is 13.7 Å². The molecule has 1 aliphatic carbocycles. The Hall–Kier alpha value is -2.89. The topological polar surface area (TPSA) is 60.2 Å². The zero-order valence-corrected chi connectivity index (χ0v) is 15.1. The molecule has 0 unspecified atom stereocenters. The van der Waals surface area contributed by atoms with Crippen molar-refractivity contribution in [3.05, 3.63) is 71.1 Å². The second kappa shape index (κ2) is 8.20. The molecule has 0 fully saturated rings.